The fourth-order valence-electron chi connectivity index (χ4n) is 0.500. The SMILES string of the molecule is CCCCCC.CN(C)C.N=C=O.N=C=O. The number of nitrogens with one attached hydrogen (secondary N) is 2. The summed E-state index contributed by atoms with van der Waals surface area (Å²) in [5.74, 6) is 0. The molecule has 0 rings (SSSR count). The molecule has 0 aromatic rings. The van der Waals surface area contributed by atoms with E-state index in [-0.39, 0.29) is 0 Å². The third-order valence-electron chi connectivity index (χ3n) is 0.957. The van der Waals surface area contributed by atoms with Crippen molar-refractivity contribution in [1.82, 2.24) is 4.90 Å². The Morgan fingerprint density at radius 1 is 0.875 bits per heavy atom. The summed E-state index contributed by atoms with van der Waals surface area (Å²) >= 11 is 0. The maximum atomic E-state index is 8.35. The topological polar surface area (TPSA) is 85.1 Å². The molecular weight excluding hydrogens is 206 g/mol. The summed E-state index contributed by atoms with van der Waals surface area (Å²) in [5, 5.41) is 10.8. The van der Waals surface area contributed by atoms with Crippen LogP contribution in [0.4, 0.5) is 0 Å². The van der Waals surface area contributed by atoms with E-state index >= 15 is 0 Å². The average molecular weight is 231 g/mol. The van der Waals surface area contributed by atoms with Crippen molar-refractivity contribution < 1.29 is 9.59 Å². The number of hydrogen-bond acceptors (Lipinski definition) is 5. The Balaban J connectivity index is -0.0000000635. The highest BCUT2D eigenvalue weighted by Crippen LogP contribution is 1.95. The molecule has 96 valence electrons. The zero-order chi connectivity index (χ0) is 13.8. The molecule has 5 nitrogen and oxygen atoms in total. The standard InChI is InChI=1S/C6H14.C3H9N.2CHNO/c1-3-5-6-4-2;1-4(2)3;2*2-1-3/h3-6H2,1-2H3;1-3H3;2*2H. The minimum atomic E-state index is 0.750. The summed E-state index contributed by atoms with van der Waals surface area (Å²) in [4.78, 5) is 18.7. The molecular formula is C11H25N3O2. The Hall–Kier alpha value is -1.28. The smallest absolute Gasteiger partial charge is 0.231 e. The minimum absolute atomic E-state index is 0.750. The van der Waals surface area contributed by atoms with E-state index < -0.39 is 0 Å². The number of carbonyl (C=O) groups excluding carboxylic acids is 2. The third-order valence-corrected chi connectivity index (χ3v) is 0.957. The molecule has 0 aromatic heterocycles. The van der Waals surface area contributed by atoms with Gasteiger partial charge in [0.15, 0.2) is 0 Å². The van der Waals surface area contributed by atoms with Gasteiger partial charge in [-0.3, -0.25) is 0 Å². The van der Waals surface area contributed by atoms with Gasteiger partial charge in [-0.15, -0.1) is 0 Å². The molecule has 0 aliphatic rings. The minimum Gasteiger partial charge on any atom is -0.312 e. The van der Waals surface area contributed by atoms with E-state index in [9.17, 15) is 0 Å². The van der Waals surface area contributed by atoms with Crippen molar-refractivity contribution in [2.45, 2.75) is 39.5 Å². The first-order chi connectivity index (χ1) is 7.47. The van der Waals surface area contributed by atoms with Crippen LogP contribution in [0.3, 0.4) is 0 Å². The van der Waals surface area contributed by atoms with Gasteiger partial charge in [0.25, 0.3) is 0 Å². The van der Waals surface area contributed by atoms with Crippen molar-refractivity contribution in [2.75, 3.05) is 21.1 Å². The number of hydrogen-bond donors (Lipinski definition) is 2. The summed E-state index contributed by atoms with van der Waals surface area (Å²) in [7, 11) is 6.00. The molecule has 0 atom stereocenters. The molecule has 2 N–H and O–H groups in total. The molecule has 0 unspecified atom stereocenters. The van der Waals surface area contributed by atoms with Gasteiger partial charge >= 0.3 is 0 Å². The van der Waals surface area contributed by atoms with Crippen LogP contribution in [-0.4, -0.2) is 38.2 Å². The molecule has 0 amide bonds. The Morgan fingerprint density at radius 2 is 1.00 bits per heavy atom. The van der Waals surface area contributed by atoms with E-state index in [2.05, 4.69) is 13.8 Å². The largest absolute Gasteiger partial charge is 0.312 e. The quantitative estimate of drug-likeness (QED) is 0.444. The van der Waals surface area contributed by atoms with Gasteiger partial charge in [0.1, 0.15) is 0 Å². The zero-order valence-electron chi connectivity index (χ0n) is 11.1. The van der Waals surface area contributed by atoms with Crippen molar-refractivity contribution in [3.05, 3.63) is 0 Å². The van der Waals surface area contributed by atoms with Gasteiger partial charge < -0.3 is 4.90 Å². The molecule has 0 bridgehead atoms. The first kappa shape index (κ1) is 24.1. The van der Waals surface area contributed by atoms with E-state index in [1.807, 2.05) is 26.0 Å². The summed E-state index contributed by atoms with van der Waals surface area (Å²) in [6, 6.07) is 0. The van der Waals surface area contributed by atoms with Crippen LogP contribution in [0.15, 0.2) is 0 Å². The molecule has 0 aliphatic heterocycles. The highest BCUT2D eigenvalue weighted by Gasteiger charge is 1.75. The normalized spacial score (nSPS) is 6.62. The van der Waals surface area contributed by atoms with Gasteiger partial charge in [-0.05, 0) is 21.1 Å². The summed E-state index contributed by atoms with van der Waals surface area (Å²) < 4.78 is 0. The molecule has 0 aromatic carbocycles. The molecule has 0 saturated carbocycles. The Labute approximate surface area is 98.9 Å². The van der Waals surface area contributed by atoms with Crippen molar-refractivity contribution in [3.63, 3.8) is 0 Å². The Kier molecular flexibility index (Phi) is 56.1. The zero-order valence-corrected chi connectivity index (χ0v) is 11.1. The second kappa shape index (κ2) is 37.2. The van der Waals surface area contributed by atoms with E-state index in [4.69, 9.17) is 20.4 Å². The Morgan fingerprint density at radius 3 is 1.06 bits per heavy atom. The van der Waals surface area contributed by atoms with Crippen LogP contribution < -0.4 is 0 Å². The molecule has 5 heteroatoms. The van der Waals surface area contributed by atoms with Crippen LogP contribution in [0.2, 0.25) is 0 Å². The average Bonchev–Trinajstić information content (AvgIpc) is 2.16. The third kappa shape index (κ3) is 591. The first-order valence-corrected chi connectivity index (χ1v) is 5.16. The van der Waals surface area contributed by atoms with Crippen molar-refractivity contribution in [1.29, 1.82) is 10.8 Å². The van der Waals surface area contributed by atoms with Gasteiger partial charge in [0, 0.05) is 0 Å². The fourth-order valence-corrected chi connectivity index (χ4v) is 0.500. The van der Waals surface area contributed by atoms with Gasteiger partial charge in [0.05, 0.1) is 0 Å². The summed E-state index contributed by atoms with van der Waals surface area (Å²) in [6.07, 6.45) is 7.04. The van der Waals surface area contributed by atoms with Crippen LogP contribution in [0.5, 0.6) is 0 Å². The molecule has 16 heavy (non-hydrogen) atoms. The predicted molar refractivity (Wildman–Crippen MR) is 66.3 cm³/mol. The van der Waals surface area contributed by atoms with Crippen molar-refractivity contribution >= 4 is 12.2 Å². The molecule has 0 fully saturated rings. The van der Waals surface area contributed by atoms with Crippen LogP contribution in [0, 0.1) is 10.8 Å². The van der Waals surface area contributed by atoms with E-state index in [0.717, 1.165) is 12.2 Å². The monoisotopic (exact) mass is 231 g/mol. The number of unbranched alkanes of at least 4 members (excludes halogenated alkanes) is 3. The molecule has 0 radical (unpaired) electrons. The molecule has 0 saturated heterocycles. The van der Waals surface area contributed by atoms with Crippen molar-refractivity contribution in [2.24, 2.45) is 0 Å². The van der Waals surface area contributed by atoms with E-state index in [1.54, 1.807) is 0 Å². The van der Waals surface area contributed by atoms with Crippen LogP contribution >= 0.6 is 0 Å². The number of nitrogens with zero attached hydrogens (tertiary/aromatic N) is 1. The van der Waals surface area contributed by atoms with Gasteiger partial charge in [-0.2, -0.15) is 0 Å². The Bertz CT molecular complexity index is 140. The lowest BCUT2D eigenvalue weighted by Gasteiger charge is -1.90. The highest BCUT2D eigenvalue weighted by molar-refractivity contribution is 5.26. The van der Waals surface area contributed by atoms with Gasteiger partial charge in [0.2, 0.25) is 12.2 Å². The van der Waals surface area contributed by atoms with Crippen LogP contribution in [-0.2, 0) is 9.59 Å². The molecule has 0 spiro atoms. The van der Waals surface area contributed by atoms with E-state index in [0.29, 0.717) is 0 Å². The summed E-state index contributed by atoms with van der Waals surface area (Å²) in [6.45, 7) is 4.46. The van der Waals surface area contributed by atoms with Crippen LogP contribution in [0.25, 0.3) is 0 Å². The second-order valence-corrected chi connectivity index (χ2v) is 3.25. The van der Waals surface area contributed by atoms with Crippen molar-refractivity contribution in [3.8, 4) is 0 Å². The lowest BCUT2D eigenvalue weighted by molar-refractivity contribution is 0.505. The lowest BCUT2D eigenvalue weighted by Crippen LogP contribution is -1.99. The number of rotatable bonds is 3. The maximum Gasteiger partial charge on any atom is 0.231 e. The highest BCUT2D eigenvalue weighted by atomic mass is 16.1. The van der Waals surface area contributed by atoms with Gasteiger partial charge in [-0.1, -0.05) is 39.5 Å². The van der Waals surface area contributed by atoms with Gasteiger partial charge in [-0.25, -0.2) is 20.4 Å². The first-order valence-electron chi connectivity index (χ1n) is 5.16. The maximum absolute atomic E-state index is 8.35. The second-order valence-electron chi connectivity index (χ2n) is 3.25. The fraction of sp³-hybridized carbons (Fsp3) is 0.818. The van der Waals surface area contributed by atoms with E-state index in [1.165, 1.54) is 25.7 Å². The predicted octanol–water partition coefficient (Wildman–Crippen LogP) is 2.57. The molecule has 0 aliphatic carbocycles. The lowest BCUT2D eigenvalue weighted by atomic mass is 10.2. The molecule has 0 heterocycles. The van der Waals surface area contributed by atoms with Crippen LogP contribution in [0.1, 0.15) is 39.5 Å². The number of isocyanates is 2. The summed E-state index contributed by atoms with van der Waals surface area (Å²) in [5.41, 5.74) is 0.